The molecule has 2 aliphatic rings. The fourth-order valence-corrected chi connectivity index (χ4v) is 3.78. The van der Waals surface area contributed by atoms with Crippen LogP contribution in [-0.2, 0) is 20.2 Å². The first-order valence-corrected chi connectivity index (χ1v) is 7.64. The van der Waals surface area contributed by atoms with E-state index in [2.05, 4.69) is 0 Å². The fourth-order valence-electron chi connectivity index (χ4n) is 2.24. The fraction of sp³-hybridized carbons (Fsp3) is 0. The molecule has 2 aliphatic carbocycles. The van der Waals surface area contributed by atoms with Crippen LogP contribution in [0.15, 0.2) is 21.9 Å². The summed E-state index contributed by atoms with van der Waals surface area (Å²) in [5.41, 5.74) is 1.41. The minimum absolute atomic E-state index is 0.248. The Morgan fingerprint density at radius 3 is 2.00 bits per heavy atom. The third-order valence-electron chi connectivity index (χ3n) is 2.91. The van der Waals surface area contributed by atoms with Gasteiger partial charge in [0, 0.05) is 11.1 Å². The predicted molar refractivity (Wildman–Crippen MR) is 63.0 cm³/mol. The highest BCUT2D eigenvalue weighted by Crippen LogP contribution is 2.46. The number of allylic oxidation sites excluding steroid dienone is 2. The maximum atomic E-state index is 11.3. The summed E-state index contributed by atoms with van der Waals surface area (Å²) >= 11 is 0. The first kappa shape index (κ1) is 11.6. The van der Waals surface area contributed by atoms with Gasteiger partial charge in [0.15, 0.2) is 0 Å². The van der Waals surface area contributed by atoms with Gasteiger partial charge in [0.25, 0.3) is 20.2 Å². The molecule has 1 aromatic carbocycles. The molecule has 8 heteroatoms. The van der Waals surface area contributed by atoms with Gasteiger partial charge in [-0.05, 0) is 23.3 Å². The zero-order valence-electron chi connectivity index (χ0n) is 8.65. The molecule has 94 valence electrons. The molecule has 18 heavy (non-hydrogen) atoms. The van der Waals surface area contributed by atoms with Gasteiger partial charge in [0.2, 0.25) is 0 Å². The zero-order valence-corrected chi connectivity index (χ0v) is 10.3. The molecule has 0 unspecified atom stereocenters. The Morgan fingerprint density at radius 2 is 1.44 bits per heavy atom. The summed E-state index contributed by atoms with van der Waals surface area (Å²) in [6.45, 7) is 0. The summed E-state index contributed by atoms with van der Waals surface area (Å²) in [5, 5.41) is 0. The van der Waals surface area contributed by atoms with Crippen molar-refractivity contribution in [3.8, 4) is 0 Å². The van der Waals surface area contributed by atoms with Crippen molar-refractivity contribution in [2.24, 2.45) is 0 Å². The quantitative estimate of drug-likeness (QED) is 0.787. The second-order valence-corrected chi connectivity index (χ2v) is 6.74. The van der Waals surface area contributed by atoms with E-state index in [1.807, 2.05) is 0 Å². The highest BCUT2D eigenvalue weighted by atomic mass is 32.2. The maximum Gasteiger partial charge on any atom is 0.295 e. The Kier molecular flexibility index (Phi) is 1.99. The van der Waals surface area contributed by atoms with Gasteiger partial charge in [-0.15, -0.1) is 0 Å². The Morgan fingerprint density at radius 1 is 0.833 bits per heavy atom. The van der Waals surface area contributed by atoms with Gasteiger partial charge in [-0.25, -0.2) is 0 Å². The first-order chi connectivity index (χ1) is 8.19. The van der Waals surface area contributed by atoms with Crippen molar-refractivity contribution in [3.05, 3.63) is 28.8 Å². The van der Waals surface area contributed by atoms with Gasteiger partial charge in [-0.1, -0.05) is 12.2 Å². The molecule has 6 nitrogen and oxygen atoms in total. The molecule has 0 radical (unpaired) electrons. The van der Waals surface area contributed by atoms with Crippen LogP contribution in [0.3, 0.4) is 0 Å². The molecule has 4 bridgehead atoms. The SMILES string of the molecule is O=S(=O)(O)c1cc(S(=O)(=O)O)c2c3c1C=C2C=C3. The molecular weight excluding hydrogens is 280 g/mol. The van der Waals surface area contributed by atoms with E-state index in [-0.39, 0.29) is 11.1 Å². The molecule has 0 aliphatic heterocycles. The second kappa shape index (κ2) is 3.09. The molecular formula is C10H6O6S2. The van der Waals surface area contributed by atoms with Gasteiger partial charge < -0.3 is 0 Å². The van der Waals surface area contributed by atoms with Gasteiger partial charge in [-0.2, -0.15) is 16.8 Å². The number of hydrogen-bond donors (Lipinski definition) is 2. The molecule has 0 saturated heterocycles. The predicted octanol–water partition coefficient (Wildman–Crippen LogP) is 1.06. The van der Waals surface area contributed by atoms with Crippen molar-refractivity contribution in [2.45, 2.75) is 9.79 Å². The van der Waals surface area contributed by atoms with Crippen LogP contribution in [0.2, 0.25) is 0 Å². The topological polar surface area (TPSA) is 109 Å². The molecule has 0 aromatic heterocycles. The van der Waals surface area contributed by atoms with E-state index in [4.69, 9.17) is 9.11 Å². The molecule has 3 rings (SSSR count). The lowest BCUT2D eigenvalue weighted by Crippen LogP contribution is -2.07. The third kappa shape index (κ3) is 1.40. The van der Waals surface area contributed by atoms with E-state index in [1.54, 1.807) is 12.2 Å². The number of benzene rings is 1. The van der Waals surface area contributed by atoms with Crippen LogP contribution >= 0.6 is 0 Å². The van der Waals surface area contributed by atoms with Crippen LogP contribution in [0, 0.1) is 0 Å². The molecule has 0 saturated carbocycles. The molecule has 0 amide bonds. The minimum atomic E-state index is -4.57. The van der Waals surface area contributed by atoms with Crippen molar-refractivity contribution in [3.63, 3.8) is 0 Å². The van der Waals surface area contributed by atoms with Crippen molar-refractivity contribution in [1.29, 1.82) is 0 Å². The maximum absolute atomic E-state index is 11.3. The minimum Gasteiger partial charge on any atom is -0.282 e. The van der Waals surface area contributed by atoms with Crippen LogP contribution in [-0.4, -0.2) is 25.9 Å². The van der Waals surface area contributed by atoms with Gasteiger partial charge in [0.05, 0.1) is 0 Å². The van der Waals surface area contributed by atoms with E-state index in [9.17, 15) is 16.8 Å². The first-order valence-electron chi connectivity index (χ1n) is 4.76. The van der Waals surface area contributed by atoms with Crippen molar-refractivity contribution in [2.75, 3.05) is 0 Å². The van der Waals surface area contributed by atoms with Gasteiger partial charge in [-0.3, -0.25) is 9.11 Å². The Hall–Kier alpha value is -1.48. The second-order valence-electron chi connectivity index (χ2n) is 3.96. The number of hydrogen-bond acceptors (Lipinski definition) is 4. The molecule has 0 fully saturated rings. The standard InChI is InChI=1S/C10H6O6S2/c11-17(12,13)8-4-9(18(14,15)16)10-5-1-2-6(10)7(8)3-5/h1-4H,(H,11,12,13)(H,14,15,16). The van der Waals surface area contributed by atoms with Crippen molar-refractivity contribution in [1.82, 2.24) is 0 Å². The summed E-state index contributed by atoms with van der Waals surface area (Å²) in [7, 11) is -9.13. The van der Waals surface area contributed by atoms with Crippen LogP contribution < -0.4 is 0 Å². The van der Waals surface area contributed by atoms with Crippen LogP contribution in [0.5, 0.6) is 0 Å². The lowest BCUT2D eigenvalue weighted by Gasteiger charge is -2.08. The highest BCUT2D eigenvalue weighted by Gasteiger charge is 2.34. The van der Waals surface area contributed by atoms with E-state index in [0.29, 0.717) is 11.1 Å². The molecule has 0 atom stereocenters. The van der Waals surface area contributed by atoms with E-state index in [1.165, 1.54) is 6.08 Å². The smallest absolute Gasteiger partial charge is 0.282 e. The monoisotopic (exact) mass is 286 g/mol. The summed E-state index contributed by atoms with van der Waals surface area (Å²) in [4.78, 5) is -1.03. The molecule has 0 heterocycles. The largest absolute Gasteiger partial charge is 0.295 e. The van der Waals surface area contributed by atoms with E-state index < -0.39 is 30.0 Å². The lowest BCUT2D eigenvalue weighted by atomic mass is 10.1. The normalized spacial score (nSPS) is 16.2. The average Bonchev–Trinajstić information content (AvgIpc) is 2.69. The van der Waals surface area contributed by atoms with Gasteiger partial charge >= 0.3 is 0 Å². The average molecular weight is 286 g/mol. The summed E-state index contributed by atoms with van der Waals surface area (Å²) in [6, 6.07) is 0.773. The highest BCUT2D eigenvalue weighted by molar-refractivity contribution is 7.86. The Bertz CT molecular complexity index is 856. The van der Waals surface area contributed by atoms with Crippen LogP contribution in [0.25, 0.3) is 17.7 Å². The number of rotatable bonds is 2. The molecule has 2 N–H and O–H groups in total. The molecule has 1 aromatic rings. The van der Waals surface area contributed by atoms with Gasteiger partial charge in [0.1, 0.15) is 9.79 Å². The van der Waals surface area contributed by atoms with Crippen molar-refractivity contribution >= 4 is 38.0 Å². The third-order valence-corrected chi connectivity index (χ3v) is 4.68. The van der Waals surface area contributed by atoms with E-state index in [0.717, 1.165) is 6.07 Å². The van der Waals surface area contributed by atoms with Crippen LogP contribution in [0.4, 0.5) is 0 Å². The lowest BCUT2D eigenvalue weighted by molar-refractivity contribution is 0.481. The summed E-state index contributed by atoms with van der Waals surface area (Å²) < 4.78 is 63.2. The van der Waals surface area contributed by atoms with E-state index >= 15 is 0 Å². The van der Waals surface area contributed by atoms with Crippen molar-refractivity contribution < 1.29 is 25.9 Å². The summed E-state index contributed by atoms with van der Waals surface area (Å²) in [5.74, 6) is 0. The zero-order chi connectivity index (χ0) is 13.3. The van der Waals surface area contributed by atoms with Crippen LogP contribution in [0.1, 0.15) is 16.7 Å². The Labute approximate surface area is 103 Å². The Balaban J connectivity index is 2.51. The summed E-state index contributed by atoms with van der Waals surface area (Å²) in [6.07, 6.45) is 4.62. The molecule has 0 spiro atoms.